The summed E-state index contributed by atoms with van der Waals surface area (Å²) in [6.07, 6.45) is 9.73. The molecule has 0 bridgehead atoms. The topological polar surface area (TPSA) is 29.9 Å². The van der Waals surface area contributed by atoms with Crippen LogP contribution in [0, 0.1) is 0 Å². The van der Waals surface area contributed by atoms with Gasteiger partial charge in [0.2, 0.25) is 0 Å². The predicted octanol–water partition coefficient (Wildman–Crippen LogP) is 3.66. The van der Waals surface area contributed by atoms with E-state index in [1.165, 1.54) is 41.1 Å². The van der Waals surface area contributed by atoms with Gasteiger partial charge in [-0.15, -0.1) is 0 Å². The highest BCUT2D eigenvalue weighted by molar-refractivity contribution is 7.98. The summed E-state index contributed by atoms with van der Waals surface area (Å²) in [5.41, 5.74) is 5.26. The molecule has 1 aliphatic rings. The molecule has 1 aliphatic heterocycles. The quantitative estimate of drug-likeness (QED) is 0.822. The third-order valence-corrected chi connectivity index (χ3v) is 4.53. The fourth-order valence-electron chi connectivity index (χ4n) is 2.80. The number of nitrogens with one attached hydrogen (secondary N) is 1. The lowest BCUT2D eigenvalue weighted by atomic mass is 10.1. The molecule has 3 rings (SSSR count). The third kappa shape index (κ3) is 2.70. The van der Waals surface area contributed by atoms with E-state index in [0.717, 1.165) is 19.5 Å². The van der Waals surface area contributed by atoms with E-state index < -0.39 is 0 Å². The molecule has 0 radical (unpaired) electrons. The van der Waals surface area contributed by atoms with Crippen LogP contribution >= 0.6 is 11.8 Å². The standard InChI is InChI=1S/C16H21N3S/c1-20-10-3-2-9-19-12-17-11-15(19)14-6-4-5-13-7-8-18-16(13)14/h4-6,11-12,18H,2-3,7-10H2,1H3. The van der Waals surface area contributed by atoms with Crippen LogP contribution in [0.25, 0.3) is 11.3 Å². The zero-order valence-corrected chi connectivity index (χ0v) is 12.7. The number of nitrogens with zero attached hydrogens (tertiary/aromatic N) is 2. The number of para-hydroxylation sites is 1. The van der Waals surface area contributed by atoms with Crippen molar-refractivity contribution >= 4 is 17.4 Å². The minimum absolute atomic E-state index is 1.05. The maximum absolute atomic E-state index is 4.35. The summed E-state index contributed by atoms with van der Waals surface area (Å²) >= 11 is 1.92. The first-order valence-corrected chi connectivity index (χ1v) is 8.65. The van der Waals surface area contributed by atoms with Gasteiger partial charge < -0.3 is 9.88 Å². The number of benzene rings is 1. The van der Waals surface area contributed by atoms with E-state index in [-0.39, 0.29) is 0 Å². The molecule has 20 heavy (non-hydrogen) atoms. The van der Waals surface area contributed by atoms with E-state index in [1.807, 2.05) is 24.3 Å². The van der Waals surface area contributed by atoms with Gasteiger partial charge in [-0.3, -0.25) is 0 Å². The molecule has 0 aliphatic carbocycles. The smallest absolute Gasteiger partial charge is 0.0950 e. The second-order valence-corrected chi connectivity index (χ2v) is 6.17. The first-order valence-electron chi connectivity index (χ1n) is 7.25. The van der Waals surface area contributed by atoms with Crippen LogP contribution in [-0.4, -0.2) is 28.1 Å². The van der Waals surface area contributed by atoms with Crippen LogP contribution in [0.4, 0.5) is 5.69 Å². The summed E-state index contributed by atoms with van der Waals surface area (Å²) in [6, 6.07) is 6.58. The molecule has 0 saturated heterocycles. The van der Waals surface area contributed by atoms with Gasteiger partial charge in [-0.1, -0.05) is 18.2 Å². The lowest BCUT2D eigenvalue weighted by Crippen LogP contribution is -2.01. The molecule has 0 fully saturated rings. The lowest BCUT2D eigenvalue weighted by Gasteiger charge is -2.12. The van der Waals surface area contributed by atoms with Crippen molar-refractivity contribution in [3.05, 3.63) is 36.3 Å². The van der Waals surface area contributed by atoms with Crippen LogP contribution in [0.2, 0.25) is 0 Å². The van der Waals surface area contributed by atoms with Gasteiger partial charge in [0.25, 0.3) is 0 Å². The Morgan fingerprint density at radius 3 is 3.20 bits per heavy atom. The van der Waals surface area contributed by atoms with E-state index >= 15 is 0 Å². The molecule has 2 aromatic rings. The Kier molecular flexibility index (Phi) is 4.31. The van der Waals surface area contributed by atoms with Crippen LogP contribution in [0.15, 0.2) is 30.7 Å². The van der Waals surface area contributed by atoms with E-state index in [2.05, 4.69) is 39.3 Å². The Morgan fingerprint density at radius 2 is 2.30 bits per heavy atom. The molecule has 0 saturated carbocycles. The summed E-state index contributed by atoms with van der Waals surface area (Å²) in [7, 11) is 0. The minimum Gasteiger partial charge on any atom is -0.384 e. The van der Waals surface area contributed by atoms with Crippen molar-refractivity contribution in [2.45, 2.75) is 25.8 Å². The largest absolute Gasteiger partial charge is 0.384 e. The SMILES string of the molecule is CSCCCCn1cncc1-c1cccc2c1NCC2. The van der Waals surface area contributed by atoms with Gasteiger partial charge >= 0.3 is 0 Å². The van der Waals surface area contributed by atoms with Gasteiger partial charge in [-0.2, -0.15) is 11.8 Å². The van der Waals surface area contributed by atoms with Gasteiger partial charge in [-0.25, -0.2) is 4.98 Å². The monoisotopic (exact) mass is 287 g/mol. The molecule has 4 heteroatoms. The molecular formula is C16H21N3S. The first-order chi connectivity index (χ1) is 9.90. The zero-order chi connectivity index (χ0) is 13.8. The van der Waals surface area contributed by atoms with Gasteiger partial charge in [0.05, 0.1) is 18.2 Å². The van der Waals surface area contributed by atoms with Crippen molar-refractivity contribution in [1.82, 2.24) is 9.55 Å². The van der Waals surface area contributed by atoms with E-state index in [9.17, 15) is 0 Å². The molecular weight excluding hydrogens is 266 g/mol. The Morgan fingerprint density at radius 1 is 1.35 bits per heavy atom. The van der Waals surface area contributed by atoms with Gasteiger partial charge in [0.15, 0.2) is 0 Å². The molecule has 3 nitrogen and oxygen atoms in total. The summed E-state index contributed by atoms with van der Waals surface area (Å²) in [4.78, 5) is 4.35. The molecule has 1 aromatic heterocycles. The molecule has 0 unspecified atom stereocenters. The summed E-state index contributed by atoms with van der Waals surface area (Å²) in [6.45, 7) is 2.10. The van der Waals surface area contributed by atoms with E-state index in [4.69, 9.17) is 0 Å². The number of unbranched alkanes of at least 4 members (excludes halogenated alkanes) is 1. The Hall–Kier alpha value is -1.42. The fourth-order valence-corrected chi connectivity index (χ4v) is 3.30. The number of rotatable bonds is 6. The number of anilines is 1. The van der Waals surface area contributed by atoms with Crippen LogP contribution < -0.4 is 5.32 Å². The van der Waals surface area contributed by atoms with Crippen molar-refractivity contribution < 1.29 is 0 Å². The van der Waals surface area contributed by atoms with Crippen molar-refractivity contribution in [2.75, 3.05) is 23.9 Å². The normalized spacial score (nSPS) is 13.2. The molecule has 106 valence electrons. The molecule has 2 heterocycles. The number of thioether (sulfide) groups is 1. The maximum Gasteiger partial charge on any atom is 0.0950 e. The predicted molar refractivity (Wildman–Crippen MR) is 87.5 cm³/mol. The van der Waals surface area contributed by atoms with Crippen LogP contribution in [0.5, 0.6) is 0 Å². The molecule has 0 spiro atoms. The van der Waals surface area contributed by atoms with Crippen LogP contribution in [0.3, 0.4) is 0 Å². The molecule has 0 atom stereocenters. The third-order valence-electron chi connectivity index (χ3n) is 3.83. The average molecular weight is 287 g/mol. The average Bonchev–Trinajstić information content (AvgIpc) is 3.11. The summed E-state index contributed by atoms with van der Waals surface area (Å²) < 4.78 is 2.29. The second kappa shape index (κ2) is 6.35. The Balaban J connectivity index is 1.81. The van der Waals surface area contributed by atoms with Crippen molar-refractivity contribution in [3.63, 3.8) is 0 Å². The number of aryl methyl sites for hydroxylation is 1. The lowest BCUT2D eigenvalue weighted by molar-refractivity contribution is 0.639. The second-order valence-electron chi connectivity index (χ2n) is 5.19. The number of imidazole rings is 1. The van der Waals surface area contributed by atoms with Gasteiger partial charge in [0, 0.05) is 24.3 Å². The number of hydrogen-bond acceptors (Lipinski definition) is 3. The summed E-state index contributed by atoms with van der Waals surface area (Å²) in [5.74, 6) is 1.24. The zero-order valence-electron chi connectivity index (χ0n) is 11.9. The highest BCUT2D eigenvalue weighted by Crippen LogP contribution is 2.34. The van der Waals surface area contributed by atoms with Gasteiger partial charge in [0.1, 0.15) is 0 Å². The fraction of sp³-hybridized carbons (Fsp3) is 0.438. The van der Waals surface area contributed by atoms with Crippen molar-refractivity contribution in [3.8, 4) is 11.3 Å². The van der Waals surface area contributed by atoms with Crippen LogP contribution in [0.1, 0.15) is 18.4 Å². The van der Waals surface area contributed by atoms with Crippen molar-refractivity contribution in [2.24, 2.45) is 0 Å². The van der Waals surface area contributed by atoms with Gasteiger partial charge in [-0.05, 0) is 36.8 Å². The van der Waals surface area contributed by atoms with Crippen LogP contribution in [-0.2, 0) is 13.0 Å². The molecule has 0 amide bonds. The number of aromatic nitrogens is 2. The summed E-state index contributed by atoms with van der Waals surface area (Å²) in [5, 5.41) is 3.52. The highest BCUT2D eigenvalue weighted by atomic mass is 32.2. The van der Waals surface area contributed by atoms with E-state index in [0.29, 0.717) is 0 Å². The maximum atomic E-state index is 4.35. The number of hydrogen-bond donors (Lipinski definition) is 1. The Labute approximate surface area is 124 Å². The molecule has 1 aromatic carbocycles. The van der Waals surface area contributed by atoms with Crippen molar-refractivity contribution in [1.29, 1.82) is 0 Å². The molecule has 1 N–H and O–H groups in total. The highest BCUT2D eigenvalue weighted by Gasteiger charge is 2.16. The minimum atomic E-state index is 1.05. The first kappa shape index (κ1) is 13.6. The number of fused-ring (bicyclic) bond motifs is 1. The van der Waals surface area contributed by atoms with E-state index in [1.54, 1.807) is 0 Å². The Bertz CT molecular complexity index is 577.